The maximum Gasteiger partial charge on any atom is 0.243 e. The second-order valence-corrected chi connectivity index (χ2v) is 5.41. The van der Waals surface area contributed by atoms with Crippen molar-refractivity contribution < 1.29 is 13.6 Å². The van der Waals surface area contributed by atoms with Gasteiger partial charge in [-0.3, -0.25) is 4.79 Å². The van der Waals surface area contributed by atoms with E-state index in [-0.39, 0.29) is 12.5 Å². The first-order valence-electron chi connectivity index (χ1n) is 7.55. The first kappa shape index (κ1) is 18.9. The average Bonchev–Trinajstić information content (AvgIpc) is 2.49. The zero-order valence-electron chi connectivity index (χ0n) is 14.0. The van der Waals surface area contributed by atoms with Gasteiger partial charge in [-0.25, -0.2) is 13.8 Å². The molecule has 0 aliphatic rings. The molecule has 1 rings (SSSR count). The zero-order valence-corrected chi connectivity index (χ0v) is 14.0. The summed E-state index contributed by atoms with van der Waals surface area (Å²) in [7, 11) is 3.31. The summed E-state index contributed by atoms with van der Waals surface area (Å²) in [4.78, 5) is 17.3. The Balaban J connectivity index is 2.82. The number of nitrogens with zero attached hydrogens (tertiary/aromatic N) is 2. The van der Waals surface area contributed by atoms with Crippen LogP contribution in [0.1, 0.15) is 31.9 Å². The Hall–Kier alpha value is -2.18. The molecule has 0 bridgehead atoms. The molecular formula is C16H24F2N4O. The van der Waals surface area contributed by atoms with E-state index in [0.717, 1.165) is 12.5 Å². The van der Waals surface area contributed by atoms with Crippen molar-refractivity contribution in [3.05, 3.63) is 35.4 Å². The van der Waals surface area contributed by atoms with Crippen LogP contribution in [-0.4, -0.2) is 44.0 Å². The number of nitrogens with one attached hydrogen (secondary N) is 2. The summed E-state index contributed by atoms with van der Waals surface area (Å²) < 4.78 is 26.8. The van der Waals surface area contributed by atoms with E-state index in [4.69, 9.17) is 0 Å². The van der Waals surface area contributed by atoms with Crippen LogP contribution in [-0.2, 0) is 4.79 Å². The number of halogens is 2. The molecular weight excluding hydrogens is 302 g/mol. The molecule has 0 aromatic heterocycles. The van der Waals surface area contributed by atoms with Gasteiger partial charge in [0.15, 0.2) is 5.96 Å². The zero-order chi connectivity index (χ0) is 17.4. The van der Waals surface area contributed by atoms with E-state index in [2.05, 4.69) is 15.6 Å². The van der Waals surface area contributed by atoms with E-state index in [1.165, 1.54) is 17.0 Å². The van der Waals surface area contributed by atoms with E-state index in [0.29, 0.717) is 18.1 Å². The number of hydrogen-bond acceptors (Lipinski definition) is 2. The van der Waals surface area contributed by atoms with Gasteiger partial charge < -0.3 is 15.5 Å². The van der Waals surface area contributed by atoms with Crippen LogP contribution >= 0.6 is 0 Å². The fraction of sp³-hybridized carbons (Fsp3) is 0.500. The van der Waals surface area contributed by atoms with Crippen LogP contribution in [0.15, 0.2) is 23.2 Å². The summed E-state index contributed by atoms with van der Waals surface area (Å²) in [5.74, 6) is -0.960. The molecule has 1 amide bonds. The molecule has 1 aromatic carbocycles. The first-order valence-corrected chi connectivity index (χ1v) is 7.55. The Morgan fingerprint density at radius 3 is 2.61 bits per heavy atom. The van der Waals surface area contributed by atoms with E-state index in [1.807, 2.05) is 6.92 Å². The summed E-state index contributed by atoms with van der Waals surface area (Å²) in [5, 5.41) is 6.10. The molecule has 0 heterocycles. The SMILES string of the molecule is CCCNC(=NCC(=O)N(C)C)NC(C)c1ccc(F)cc1F. The van der Waals surface area contributed by atoms with E-state index in [9.17, 15) is 13.6 Å². The Morgan fingerprint density at radius 1 is 1.35 bits per heavy atom. The lowest BCUT2D eigenvalue weighted by atomic mass is 10.1. The molecule has 0 aliphatic heterocycles. The lowest BCUT2D eigenvalue weighted by Crippen LogP contribution is -2.40. The minimum absolute atomic E-state index is 0.00926. The molecule has 7 heteroatoms. The number of rotatable bonds is 6. The molecule has 2 N–H and O–H groups in total. The minimum atomic E-state index is -0.621. The van der Waals surface area contributed by atoms with Gasteiger partial charge in [-0.15, -0.1) is 0 Å². The van der Waals surface area contributed by atoms with Gasteiger partial charge in [-0.2, -0.15) is 0 Å². The number of likely N-dealkylation sites (N-methyl/N-ethyl adjacent to an activating group) is 1. The van der Waals surface area contributed by atoms with Gasteiger partial charge in [0, 0.05) is 32.3 Å². The van der Waals surface area contributed by atoms with Crippen molar-refractivity contribution in [1.82, 2.24) is 15.5 Å². The fourth-order valence-electron chi connectivity index (χ4n) is 1.82. The number of benzene rings is 1. The predicted octanol–water partition coefficient (Wildman–Crippen LogP) is 2.06. The highest BCUT2D eigenvalue weighted by Gasteiger charge is 2.13. The van der Waals surface area contributed by atoms with Crippen molar-refractivity contribution in [2.45, 2.75) is 26.3 Å². The van der Waals surface area contributed by atoms with Crippen LogP contribution in [0, 0.1) is 11.6 Å². The third kappa shape index (κ3) is 6.22. The molecule has 0 saturated heterocycles. The third-order valence-electron chi connectivity index (χ3n) is 3.20. The van der Waals surface area contributed by atoms with Crippen molar-refractivity contribution in [2.75, 3.05) is 27.2 Å². The van der Waals surface area contributed by atoms with Crippen LogP contribution in [0.2, 0.25) is 0 Å². The molecule has 0 spiro atoms. The van der Waals surface area contributed by atoms with Crippen LogP contribution in [0.3, 0.4) is 0 Å². The molecule has 5 nitrogen and oxygen atoms in total. The van der Waals surface area contributed by atoms with Gasteiger partial charge in [-0.1, -0.05) is 13.0 Å². The molecule has 1 aromatic rings. The van der Waals surface area contributed by atoms with Gasteiger partial charge in [0.1, 0.15) is 18.2 Å². The van der Waals surface area contributed by atoms with Crippen molar-refractivity contribution in [2.24, 2.45) is 4.99 Å². The molecule has 0 aliphatic carbocycles. The van der Waals surface area contributed by atoms with Gasteiger partial charge in [-0.05, 0) is 19.4 Å². The highest BCUT2D eigenvalue weighted by Crippen LogP contribution is 2.17. The minimum Gasteiger partial charge on any atom is -0.356 e. The van der Waals surface area contributed by atoms with E-state index >= 15 is 0 Å². The maximum atomic E-state index is 13.8. The highest BCUT2D eigenvalue weighted by atomic mass is 19.1. The number of amides is 1. The predicted molar refractivity (Wildman–Crippen MR) is 87.2 cm³/mol. The van der Waals surface area contributed by atoms with E-state index < -0.39 is 17.7 Å². The standard InChI is InChI=1S/C16H24F2N4O/c1-5-8-19-16(20-10-15(23)22(3)4)21-11(2)13-7-6-12(17)9-14(13)18/h6-7,9,11H,5,8,10H2,1-4H3,(H2,19,20,21). The second-order valence-electron chi connectivity index (χ2n) is 5.41. The van der Waals surface area contributed by atoms with Crippen LogP contribution in [0.5, 0.6) is 0 Å². The summed E-state index contributed by atoms with van der Waals surface area (Å²) >= 11 is 0. The lowest BCUT2D eigenvalue weighted by Gasteiger charge is -2.19. The Kier molecular flexibility index (Phi) is 7.44. The molecule has 128 valence electrons. The van der Waals surface area contributed by atoms with Crippen LogP contribution in [0.4, 0.5) is 8.78 Å². The Labute approximate surface area is 135 Å². The van der Waals surface area contributed by atoms with Crippen molar-refractivity contribution in [1.29, 1.82) is 0 Å². The van der Waals surface area contributed by atoms with Crippen molar-refractivity contribution >= 4 is 11.9 Å². The molecule has 0 fully saturated rings. The highest BCUT2D eigenvalue weighted by molar-refractivity contribution is 5.85. The summed E-state index contributed by atoms with van der Waals surface area (Å²) in [6.45, 7) is 4.40. The average molecular weight is 326 g/mol. The number of aliphatic imine (C=N–C) groups is 1. The number of carbonyl (C=O) groups excluding carboxylic acids is 1. The van der Waals surface area contributed by atoms with Gasteiger partial charge >= 0.3 is 0 Å². The van der Waals surface area contributed by atoms with Crippen molar-refractivity contribution in [3.8, 4) is 0 Å². The van der Waals surface area contributed by atoms with E-state index in [1.54, 1.807) is 21.0 Å². The lowest BCUT2D eigenvalue weighted by molar-refractivity contribution is -0.127. The van der Waals surface area contributed by atoms with Gasteiger partial charge in [0.25, 0.3) is 0 Å². The summed E-state index contributed by atoms with van der Waals surface area (Å²) in [5.41, 5.74) is 0.330. The Bertz CT molecular complexity index is 561. The summed E-state index contributed by atoms with van der Waals surface area (Å²) in [6.07, 6.45) is 0.877. The fourth-order valence-corrected chi connectivity index (χ4v) is 1.82. The topological polar surface area (TPSA) is 56.7 Å². The number of guanidine groups is 1. The second kappa shape index (κ2) is 9.07. The van der Waals surface area contributed by atoms with Gasteiger partial charge in [0.2, 0.25) is 5.91 Å². The molecule has 23 heavy (non-hydrogen) atoms. The number of hydrogen-bond donors (Lipinski definition) is 2. The van der Waals surface area contributed by atoms with Crippen LogP contribution in [0.25, 0.3) is 0 Å². The van der Waals surface area contributed by atoms with Crippen molar-refractivity contribution in [3.63, 3.8) is 0 Å². The molecule has 0 saturated carbocycles. The maximum absolute atomic E-state index is 13.8. The number of carbonyl (C=O) groups is 1. The summed E-state index contributed by atoms with van der Waals surface area (Å²) in [6, 6.07) is 3.03. The monoisotopic (exact) mass is 326 g/mol. The normalized spacial score (nSPS) is 12.7. The molecule has 1 atom stereocenters. The van der Waals surface area contributed by atoms with Crippen LogP contribution < -0.4 is 10.6 Å². The van der Waals surface area contributed by atoms with Gasteiger partial charge in [0.05, 0.1) is 6.04 Å². The smallest absolute Gasteiger partial charge is 0.243 e. The quantitative estimate of drug-likeness (QED) is 0.621. The third-order valence-corrected chi connectivity index (χ3v) is 3.20. The molecule has 0 radical (unpaired) electrons. The first-order chi connectivity index (χ1) is 10.8. The molecule has 1 unspecified atom stereocenters. The largest absolute Gasteiger partial charge is 0.356 e. The Morgan fingerprint density at radius 2 is 2.04 bits per heavy atom.